The van der Waals surface area contributed by atoms with Crippen LogP contribution in [0.15, 0.2) is 12.2 Å². The summed E-state index contributed by atoms with van der Waals surface area (Å²) in [5.41, 5.74) is 0. The summed E-state index contributed by atoms with van der Waals surface area (Å²) >= 11 is 16.4. The Bertz CT molecular complexity index is 254. The molecule has 0 spiro atoms. The molecule has 1 aliphatic carbocycles. The number of halogens is 3. The number of ether oxygens (including phenoxy) is 1. The van der Waals surface area contributed by atoms with Crippen LogP contribution in [0.4, 0.5) is 0 Å². The first-order valence-electron chi connectivity index (χ1n) is 5.45. The van der Waals surface area contributed by atoms with E-state index in [1.165, 1.54) is 32.1 Å². The van der Waals surface area contributed by atoms with Gasteiger partial charge in [0.25, 0.3) is 3.79 Å². The Balaban J connectivity index is 2.19. The molecule has 2 nitrogen and oxygen atoms in total. The molecule has 5 heteroatoms. The van der Waals surface area contributed by atoms with Gasteiger partial charge in [-0.1, -0.05) is 66.2 Å². The van der Waals surface area contributed by atoms with Gasteiger partial charge in [-0.25, -0.2) is 0 Å². The van der Waals surface area contributed by atoms with Crippen molar-refractivity contribution in [2.45, 2.75) is 35.9 Å². The first-order chi connectivity index (χ1) is 7.50. The number of nitrogens with one attached hydrogen (secondary N) is 1. The summed E-state index contributed by atoms with van der Waals surface area (Å²) in [5, 5.41) is 7.31. The maximum absolute atomic E-state index is 7.31. The maximum Gasteiger partial charge on any atom is 0.265 e. The number of rotatable bonds is 3. The highest BCUT2D eigenvalue weighted by Crippen LogP contribution is 2.28. The van der Waals surface area contributed by atoms with Crippen LogP contribution >= 0.6 is 34.8 Å². The smallest absolute Gasteiger partial charge is 0.265 e. The van der Waals surface area contributed by atoms with Gasteiger partial charge >= 0.3 is 0 Å². The molecule has 0 unspecified atom stereocenters. The summed E-state index contributed by atoms with van der Waals surface area (Å²) in [6.07, 6.45) is 10.5. The van der Waals surface area contributed by atoms with Crippen LogP contribution in [0.5, 0.6) is 0 Å². The summed E-state index contributed by atoms with van der Waals surface area (Å²) in [5.74, 6) is 0.324. The molecule has 0 heterocycles. The van der Waals surface area contributed by atoms with Gasteiger partial charge in [-0.2, -0.15) is 0 Å². The molecule has 0 saturated heterocycles. The highest BCUT2D eigenvalue weighted by Gasteiger charge is 2.28. The van der Waals surface area contributed by atoms with Crippen molar-refractivity contribution in [3.63, 3.8) is 0 Å². The number of alkyl halides is 3. The van der Waals surface area contributed by atoms with E-state index < -0.39 is 3.79 Å². The molecule has 1 saturated carbocycles. The minimum Gasteiger partial charge on any atom is -0.474 e. The second kappa shape index (κ2) is 6.73. The molecule has 0 aromatic heterocycles. The fraction of sp³-hybridized carbons (Fsp3) is 0.727. The van der Waals surface area contributed by atoms with E-state index in [9.17, 15) is 0 Å². The van der Waals surface area contributed by atoms with E-state index in [2.05, 4.69) is 6.08 Å². The average molecular weight is 285 g/mol. The molecule has 0 aliphatic heterocycles. The molecule has 92 valence electrons. The summed E-state index contributed by atoms with van der Waals surface area (Å²) in [7, 11) is 0. The molecular formula is C11H16Cl3NO. The number of hydrogen-bond donors (Lipinski definition) is 1. The minimum atomic E-state index is -1.75. The third kappa shape index (κ3) is 5.42. The van der Waals surface area contributed by atoms with Gasteiger partial charge in [0.2, 0.25) is 5.90 Å². The largest absolute Gasteiger partial charge is 0.474 e. The zero-order valence-corrected chi connectivity index (χ0v) is 11.3. The van der Waals surface area contributed by atoms with Crippen LogP contribution < -0.4 is 0 Å². The van der Waals surface area contributed by atoms with Crippen molar-refractivity contribution < 1.29 is 4.74 Å². The fourth-order valence-corrected chi connectivity index (χ4v) is 1.95. The second-order valence-electron chi connectivity index (χ2n) is 3.96. The van der Waals surface area contributed by atoms with Crippen LogP contribution in [0.25, 0.3) is 0 Å². The lowest BCUT2D eigenvalue weighted by Crippen LogP contribution is -2.21. The molecule has 0 bridgehead atoms. The third-order valence-electron chi connectivity index (χ3n) is 2.64. The van der Waals surface area contributed by atoms with Gasteiger partial charge in [-0.15, -0.1) is 0 Å². The van der Waals surface area contributed by atoms with Gasteiger partial charge in [-0.05, 0) is 18.8 Å². The molecular weight excluding hydrogens is 268 g/mol. The fourth-order valence-electron chi connectivity index (χ4n) is 1.79. The maximum atomic E-state index is 7.31. The lowest BCUT2D eigenvalue weighted by Gasteiger charge is -2.18. The van der Waals surface area contributed by atoms with Gasteiger partial charge in [0, 0.05) is 0 Å². The first-order valence-corrected chi connectivity index (χ1v) is 6.59. The predicted octanol–water partition coefficient (Wildman–Crippen LogP) is 4.49. The molecule has 1 N–H and O–H groups in total. The molecule has 0 radical (unpaired) electrons. The first kappa shape index (κ1) is 14.1. The quantitative estimate of drug-likeness (QED) is 0.352. The Labute approximate surface area is 111 Å². The number of allylic oxidation sites excluding steroid dienone is 1. The average Bonchev–Trinajstić information content (AvgIpc) is 2.24. The van der Waals surface area contributed by atoms with E-state index >= 15 is 0 Å². The monoisotopic (exact) mass is 283 g/mol. The molecule has 0 amide bonds. The van der Waals surface area contributed by atoms with Crippen molar-refractivity contribution in [2.24, 2.45) is 5.92 Å². The Kier molecular flexibility index (Phi) is 5.95. The lowest BCUT2D eigenvalue weighted by atomic mass is 9.89. The van der Waals surface area contributed by atoms with Crippen molar-refractivity contribution >= 4 is 40.7 Å². The van der Waals surface area contributed by atoms with E-state index in [0.29, 0.717) is 12.5 Å². The predicted molar refractivity (Wildman–Crippen MR) is 69.7 cm³/mol. The van der Waals surface area contributed by atoms with Gasteiger partial charge in [0.05, 0.1) is 0 Å². The minimum absolute atomic E-state index is 0.295. The summed E-state index contributed by atoms with van der Waals surface area (Å²) in [6, 6.07) is 0. The van der Waals surface area contributed by atoms with E-state index in [1.54, 1.807) is 0 Å². The molecule has 1 aliphatic rings. The summed E-state index contributed by atoms with van der Waals surface area (Å²) < 4.78 is 3.25. The zero-order chi connectivity index (χ0) is 12.0. The van der Waals surface area contributed by atoms with Crippen molar-refractivity contribution in [3.05, 3.63) is 12.2 Å². The van der Waals surface area contributed by atoms with Crippen LogP contribution in [0.3, 0.4) is 0 Å². The standard InChI is InChI=1S/C11H16Cl3NO/c12-11(13,14)10(15)16-8-4-7-9-5-2-1-3-6-9/h4,7,9,15H,1-3,5-6,8H2/b7-4+,15-10?. The molecule has 0 atom stereocenters. The van der Waals surface area contributed by atoms with Crippen molar-refractivity contribution in [1.29, 1.82) is 5.41 Å². The highest BCUT2D eigenvalue weighted by atomic mass is 35.6. The molecule has 1 rings (SSSR count). The van der Waals surface area contributed by atoms with Crippen molar-refractivity contribution in [2.75, 3.05) is 6.61 Å². The van der Waals surface area contributed by atoms with Crippen molar-refractivity contribution in [3.8, 4) is 0 Å². The van der Waals surface area contributed by atoms with Crippen molar-refractivity contribution in [1.82, 2.24) is 0 Å². The zero-order valence-electron chi connectivity index (χ0n) is 9.02. The van der Waals surface area contributed by atoms with Crippen LogP contribution in [-0.2, 0) is 4.74 Å². The normalized spacial score (nSPS) is 18.9. The molecule has 1 fully saturated rings. The Morgan fingerprint density at radius 2 is 1.88 bits per heavy atom. The van der Waals surface area contributed by atoms with E-state index in [-0.39, 0.29) is 5.90 Å². The molecule has 0 aromatic rings. The Morgan fingerprint density at radius 3 is 2.44 bits per heavy atom. The van der Waals surface area contributed by atoms with Gasteiger partial charge in [0.1, 0.15) is 6.61 Å². The molecule has 0 aromatic carbocycles. The van der Waals surface area contributed by atoms with E-state index in [1.807, 2.05) is 6.08 Å². The van der Waals surface area contributed by atoms with Crippen LogP contribution in [-0.4, -0.2) is 16.3 Å². The second-order valence-corrected chi connectivity index (χ2v) is 6.25. The lowest BCUT2D eigenvalue weighted by molar-refractivity contribution is 0.337. The van der Waals surface area contributed by atoms with Gasteiger partial charge in [-0.3, -0.25) is 5.41 Å². The Hall–Kier alpha value is 0.0800. The third-order valence-corrected chi connectivity index (χ3v) is 3.15. The highest BCUT2D eigenvalue weighted by molar-refractivity contribution is 6.76. The molecule has 16 heavy (non-hydrogen) atoms. The SMILES string of the molecule is N=C(OC/C=C/C1CCCCC1)C(Cl)(Cl)Cl. The van der Waals surface area contributed by atoms with Gasteiger partial charge < -0.3 is 4.74 Å². The number of hydrogen-bond acceptors (Lipinski definition) is 2. The van der Waals surface area contributed by atoms with E-state index in [0.717, 1.165) is 0 Å². The van der Waals surface area contributed by atoms with Gasteiger partial charge in [0.15, 0.2) is 0 Å². The summed E-state index contributed by atoms with van der Waals surface area (Å²) in [6.45, 7) is 0.295. The van der Waals surface area contributed by atoms with Crippen LogP contribution in [0.2, 0.25) is 0 Å². The van der Waals surface area contributed by atoms with Crippen LogP contribution in [0.1, 0.15) is 32.1 Å². The summed E-state index contributed by atoms with van der Waals surface area (Å²) in [4.78, 5) is 0. The van der Waals surface area contributed by atoms with E-state index in [4.69, 9.17) is 44.9 Å². The Morgan fingerprint density at radius 1 is 1.25 bits per heavy atom. The topological polar surface area (TPSA) is 33.1 Å². The van der Waals surface area contributed by atoms with Crippen LogP contribution in [0, 0.1) is 11.3 Å².